The molecule has 0 radical (unpaired) electrons. The number of fused-ring (bicyclic) bond motifs is 1. The van der Waals surface area contributed by atoms with Crippen molar-refractivity contribution < 1.29 is 14.0 Å². The molecule has 6 N–H and O–H groups in total. The molecule has 10 heteroatoms. The molecule has 0 aliphatic carbocycles. The van der Waals surface area contributed by atoms with Gasteiger partial charge in [0.25, 0.3) is 5.91 Å². The highest BCUT2D eigenvalue weighted by Gasteiger charge is 2.16. The van der Waals surface area contributed by atoms with Crippen molar-refractivity contribution in [1.29, 1.82) is 0 Å². The quantitative estimate of drug-likeness (QED) is 0.459. The number of H-pyrrole nitrogens is 1. The lowest BCUT2D eigenvalue weighted by atomic mass is 10.1. The van der Waals surface area contributed by atoms with E-state index in [2.05, 4.69) is 30.9 Å². The number of imidazole rings is 1. The van der Waals surface area contributed by atoms with Crippen molar-refractivity contribution in [1.82, 2.24) is 20.6 Å². The van der Waals surface area contributed by atoms with Gasteiger partial charge in [-0.3, -0.25) is 14.6 Å². The molecular formula is C17H20FN7O2. The number of aliphatic imine (C=N–C) groups is 1. The third-order valence-electron chi connectivity index (χ3n) is 4.07. The number of aromatic nitrogens is 2. The van der Waals surface area contributed by atoms with Crippen LogP contribution in [0.4, 0.5) is 10.3 Å². The number of halogens is 1. The van der Waals surface area contributed by atoms with E-state index in [1.54, 1.807) is 19.2 Å². The molecule has 1 aliphatic heterocycles. The summed E-state index contributed by atoms with van der Waals surface area (Å²) in [6.45, 7) is 1.44. The number of carbonyl (C=O) groups excluding carboxylic acids is 2. The van der Waals surface area contributed by atoms with Crippen molar-refractivity contribution in [2.24, 2.45) is 16.6 Å². The maximum absolute atomic E-state index is 13.5. The van der Waals surface area contributed by atoms with Gasteiger partial charge in [-0.1, -0.05) is 6.08 Å². The zero-order valence-electron chi connectivity index (χ0n) is 14.7. The zero-order chi connectivity index (χ0) is 19.4. The van der Waals surface area contributed by atoms with Crippen LogP contribution >= 0.6 is 0 Å². The molecule has 1 unspecified atom stereocenters. The summed E-state index contributed by atoms with van der Waals surface area (Å²) in [6, 6.07) is 2.32. The number of hydrogen-bond donors (Lipinski definition) is 5. The van der Waals surface area contributed by atoms with Crippen LogP contribution in [0.1, 0.15) is 10.4 Å². The zero-order valence-corrected chi connectivity index (χ0v) is 14.7. The molecule has 2 amide bonds. The van der Waals surface area contributed by atoms with Crippen LogP contribution in [0, 0.1) is 11.7 Å². The number of dihydropyridines is 1. The molecular weight excluding hydrogens is 353 g/mol. The fourth-order valence-electron chi connectivity index (χ4n) is 2.71. The largest absolute Gasteiger partial charge is 0.369 e. The Morgan fingerprint density at radius 2 is 2.11 bits per heavy atom. The van der Waals surface area contributed by atoms with E-state index in [9.17, 15) is 14.0 Å². The SMILES string of the molecule is CNC(=O)C1C=CC(NCCNc2nc3c(C(N)=O)cc(F)cc3[nH]2)=NC1. The van der Waals surface area contributed by atoms with Gasteiger partial charge in [-0.05, 0) is 18.2 Å². The number of amidine groups is 1. The van der Waals surface area contributed by atoms with Crippen LogP contribution in [0.5, 0.6) is 0 Å². The number of primary amides is 1. The number of benzene rings is 1. The van der Waals surface area contributed by atoms with E-state index in [-0.39, 0.29) is 17.4 Å². The summed E-state index contributed by atoms with van der Waals surface area (Å²) in [4.78, 5) is 34.4. The van der Waals surface area contributed by atoms with E-state index >= 15 is 0 Å². The second-order valence-corrected chi connectivity index (χ2v) is 5.96. The predicted octanol–water partition coefficient (Wildman–Crippen LogP) is 0.133. The Hall–Kier alpha value is -3.43. The molecule has 1 aliphatic rings. The summed E-state index contributed by atoms with van der Waals surface area (Å²) in [6.07, 6.45) is 3.58. The van der Waals surface area contributed by atoms with Gasteiger partial charge in [0.05, 0.1) is 23.5 Å². The van der Waals surface area contributed by atoms with Crippen LogP contribution in [0.3, 0.4) is 0 Å². The van der Waals surface area contributed by atoms with Gasteiger partial charge in [0.15, 0.2) is 0 Å². The number of rotatable bonds is 6. The van der Waals surface area contributed by atoms with Gasteiger partial charge in [0.2, 0.25) is 11.9 Å². The van der Waals surface area contributed by atoms with Crippen molar-refractivity contribution in [2.75, 3.05) is 32.0 Å². The number of nitrogens with zero attached hydrogens (tertiary/aromatic N) is 2. The normalized spacial score (nSPS) is 16.1. The van der Waals surface area contributed by atoms with Gasteiger partial charge in [-0.15, -0.1) is 0 Å². The molecule has 1 aromatic carbocycles. The molecule has 0 saturated carbocycles. The van der Waals surface area contributed by atoms with Crippen LogP contribution in [0.25, 0.3) is 11.0 Å². The lowest BCUT2D eigenvalue weighted by Crippen LogP contribution is -2.33. The standard InChI is InChI=1S/C17H20FN7O2/c1-20-16(27)9-2-3-13(23-8-9)21-4-5-22-17-24-12-7-10(18)6-11(15(19)26)14(12)25-17/h2-3,6-7,9H,4-5,8H2,1H3,(H2,19,26)(H,20,27)(H,21,23)(H2,22,24,25). The summed E-state index contributed by atoms with van der Waals surface area (Å²) < 4.78 is 13.5. The van der Waals surface area contributed by atoms with Crippen LogP contribution < -0.4 is 21.7 Å². The lowest BCUT2D eigenvalue weighted by molar-refractivity contribution is -0.122. The predicted molar refractivity (Wildman–Crippen MR) is 100 cm³/mol. The first-order chi connectivity index (χ1) is 13.0. The summed E-state index contributed by atoms with van der Waals surface area (Å²) in [5, 5.41) is 8.78. The summed E-state index contributed by atoms with van der Waals surface area (Å²) >= 11 is 0. The average molecular weight is 373 g/mol. The van der Waals surface area contributed by atoms with Crippen molar-refractivity contribution >= 4 is 34.6 Å². The summed E-state index contributed by atoms with van der Waals surface area (Å²) in [7, 11) is 1.60. The molecule has 142 valence electrons. The Morgan fingerprint density at radius 3 is 2.78 bits per heavy atom. The molecule has 0 fully saturated rings. The molecule has 3 rings (SSSR count). The minimum atomic E-state index is -0.739. The molecule has 2 aromatic rings. The summed E-state index contributed by atoms with van der Waals surface area (Å²) in [5.41, 5.74) is 6.00. The average Bonchev–Trinajstić information content (AvgIpc) is 3.06. The van der Waals surface area contributed by atoms with Gasteiger partial charge in [-0.2, -0.15) is 0 Å². The molecule has 1 aromatic heterocycles. The fourth-order valence-corrected chi connectivity index (χ4v) is 2.71. The second-order valence-electron chi connectivity index (χ2n) is 5.96. The van der Waals surface area contributed by atoms with E-state index in [0.717, 1.165) is 6.07 Å². The minimum absolute atomic E-state index is 0.0276. The monoisotopic (exact) mass is 373 g/mol. The van der Waals surface area contributed by atoms with Crippen molar-refractivity contribution in [3.05, 3.63) is 35.7 Å². The van der Waals surface area contributed by atoms with Gasteiger partial charge in [-0.25, -0.2) is 9.37 Å². The van der Waals surface area contributed by atoms with Crippen LogP contribution in [-0.2, 0) is 4.79 Å². The lowest BCUT2D eigenvalue weighted by Gasteiger charge is -2.15. The van der Waals surface area contributed by atoms with Crippen molar-refractivity contribution in [2.45, 2.75) is 0 Å². The first-order valence-corrected chi connectivity index (χ1v) is 8.39. The van der Waals surface area contributed by atoms with E-state index in [4.69, 9.17) is 5.73 Å². The highest BCUT2D eigenvalue weighted by molar-refractivity contribution is 6.04. The Labute approximate surface area is 154 Å². The molecule has 0 spiro atoms. The number of nitrogens with two attached hydrogens (primary N) is 1. The Balaban J connectivity index is 1.54. The maximum atomic E-state index is 13.5. The van der Waals surface area contributed by atoms with Gasteiger partial charge in [0.1, 0.15) is 17.2 Å². The van der Waals surface area contributed by atoms with Crippen molar-refractivity contribution in [3.8, 4) is 0 Å². The molecule has 1 atom stereocenters. The smallest absolute Gasteiger partial charge is 0.251 e. The first-order valence-electron chi connectivity index (χ1n) is 8.39. The third kappa shape index (κ3) is 4.22. The Bertz CT molecular complexity index is 935. The first kappa shape index (κ1) is 18.4. The second kappa shape index (κ2) is 7.85. The Kier molecular flexibility index (Phi) is 5.34. The number of amides is 2. The van der Waals surface area contributed by atoms with Crippen molar-refractivity contribution in [3.63, 3.8) is 0 Å². The fraction of sp³-hybridized carbons (Fsp3) is 0.294. The number of aromatic amines is 1. The van der Waals surface area contributed by atoms with E-state index in [1.807, 2.05) is 0 Å². The number of nitrogens with one attached hydrogen (secondary N) is 4. The molecule has 0 bridgehead atoms. The molecule has 27 heavy (non-hydrogen) atoms. The highest BCUT2D eigenvalue weighted by Crippen LogP contribution is 2.20. The van der Waals surface area contributed by atoms with Gasteiger partial charge in [0, 0.05) is 20.1 Å². The van der Waals surface area contributed by atoms with Crippen LogP contribution in [0.2, 0.25) is 0 Å². The van der Waals surface area contributed by atoms with E-state index in [1.165, 1.54) is 6.07 Å². The summed E-state index contributed by atoms with van der Waals surface area (Å²) in [5.74, 6) is -0.511. The van der Waals surface area contributed by atoms with Crippen LogP contribution in [0.15, 0.2) is 29.3 Å². The van der Waals surface area contributed by atoms with E-state index in [0.29, 0.717) is 42.5 Å². The molecule has 0 saturated heterocycles. The minimum Gasteiger partial charge on any atom is -0.369 e. The van der Waals surface area contributed by atoms with Gasteiger partial charge < -0.3 is 26.7 Å². The third-order valence-corrected chi connectivity index (χ3v) is 4.07. The maximum Gasteiger partial charge on any atom is 0.251 e. The highest BCUT2D eigenvalue weighted by atomic mass is 19.1. The molecule has 9 nitrogen and oxygen atoms in total. The van der Waals surface area contributed by atoms with E-state index < -0.39 is 11.7 Å². The number of hydrogen-bond acceptors (Lipinski definition) is 6. The topological polar surface area (TPSA) is 137 Å². The number of anilines is 1. The molecule has 2 heterocycles. The van der Waals surface area contributed by atoms with Crippen LogP contribution in [-0.4, -0.2) is 54.3 Å². The van der Waals surface area contributed by atoms with Gasteiger partial charge >= 0.3 is 0 Å². The number of carbonyl (C=O) groups is 2. The Morgan fingerprint density at radius 1 is 1.33 bits per heavy atom.